The van der Waals surface area contributed by atoms with Crippen molar-refractivity contribution in [1.82, 2.24) is 9.80 Å². The molecule has 0 aromatic heterocycles. The second-order valence-corrected chi connectivity index (χ2v) is 9.00. The quantitative estimate of drug-likeness (QED) is 0.785. The molecule has 0 radical (unpaired) electrons. The van der Waals surface area contributed by atoms with E-state index in [0.717, 1.165) is 76.1 Å². The van der Waals surface area contributed by atoms with E-state index in [2.05, 4.69) is 34.2 Å². The minimum Gasteiger partial charge on any atom is -0.339 e. The Bertz CT molecular complexity index is 685. The van der Waals surface area contributed by atoms with Gasteiger partial charge in [0.2, 0.25) is 11.8 Å². The van der Waals surface area contributed by atoms with Gasteiger partial charge in [0, 0.05) is 37.8 Å². The Morgan fingerprint density at radius 1 is 1.00 bits per heavy atom. The lowest BCUT2D eigenvalue weighted by molar-refractivity contribution is -0.140. The summed E-state index contributed by atoms with van der Waals surface area (Å²) in [5.74, 6) is 0.283. The summed E-state index contributed by atoms with van der Waals surface area (Å²) < 4.78 is 0. The van der Waals surface area contributed by atoms with Gasteiger partial charge in [-0.25, -0.2) is 0 Å². The fourth-order valence-electron chi connectivity index (χ4n) is 4.73. The van der Waals surface area contributed by atoms with Gasteiger partial charge in [0.25, 0.3) is 0 Å². The third-order valence-corrected chi connectivity index (χ3v) is 6.55. The van der Waals surface area contributed by atoms with Gasteiger partial charge in [0.1, 0.15) is 0 Å². The van der Waals surface area contributed by atoms with E-state index in [1.807, 2.05) is 26.0 Å². The van der Waals surface area contributed by atoms with Crippen LogP contribution < -0.4 is 5.32 Å². The highest BCUT2D eigenvalue weighted by molar-refractivity contribution is 5.92. The zero-order valence-corrected chi connectivity index (χ0v) is 18.4. The molecule has 3 rings (SSSR count). The van der Waals surface area contributed by atoms with Crippen molar-refractivity contribution in [3.8, 4) is 0 Å². The number of anilines is 1. The zero-order valence-electron chi connectivity index (χ0n) is 18.4. The van der Waals surface area contributed by atoms with Gasteiger partial charge in [-0.05, 0) is 43.5 Å². The number of amides is 2. The van der Waals surface area contributed by atoms with E-state index >= 15 is 0 Å². The van der Waals surface area contributed by atoms with E-state index in [9.17, 15) is 9.59 Å². The molecule has 2 aliphatic rings. The van der Waals surface area contributed by atoms with Gasteiger partial charge in [0.05, 0.1) is 5.41 Å². The van der Waals surface area contributed by atoms with Gasteiger partial charge in [-0.1, -0.05) is 52.2 Å². The number of piperazine rings is 1. The van der Waals surface area contributed by atoms with Crippen LogP contribution >= 0.6 is 0 Å². The molecule has 0 spiro atoms. The smallest absolute Gasteiger partial charge is 0.233 e. The zero-order chi connectivity index (χ0) is 20.9. The Morgan fingerprint density at radius 3 is 2.17 bits per heavy atom. The number of carbonyl (C=O) groups is 2. The fourth-order valence-corrected chi connectivity index (χ4v) is 4.73. The van der Waals surface area contributed by atoms with E-state index in [0.29, 0.717) is 5.91 Å². The van der Waals surface area contributed by atoms with Gasteiger partial charge in [-0.2, -0.15) is 0 Å². The molecule has 1 saturated heterocycles. The maximum atomic E-state index is 13.7. The number of benzene rings is 1. The minimum absolute atomic E-state index is 0.0196. The number of rotatable bonds is 6. The second kappa shape index (κ2) is 9.75. The maximum Gasteiger partial charge on any atom is 0.233 e. The molecule has 1 saturated carbocycles. The lowest BCUT2D eigenvalue weighted by Gasteiger charge is -2.43. The van der Waals surface area contributed by atoms with Crippen LogP contribution in [0.25, 0.3) is 0 Å². The molecule has 29 heavy (non-hydrogen) atoms. The summed E-state index contributed by atoms with van der Waals surface area (Å²) in [5, 5.41) is 2.95. The summed E-state index contributed by atoms with van der Waals surface area (Å²) in [6.07, 6.45) is 6.44. The topological polar surface area (TPSA) is 52.6 Å². The SMILES string of the molecule is CCCN1CCN(C(=O)C2(c3ccc(NC(=O)C(C)C)cc3)CCCCC2)CC1. The molecule has 0 unspecified atom stereocenters. The van der Waals surface area contributed by atoms with Crippen LogP contribution in [0, 0.1) is 5.92 Å². The van der Waals surface area contributed by atoms with Crippen molar-refractivity contribution in [2.24, 2.45) is 5.92 Å². The molecule has 1 N–H and O–H groups in total. The summed E-state index contributed by atoms with van der Waals surface area (Å²) in [6, 6.07) is 8.04. The average Bonchev–Trinajstić information content (AvgIpc) is 2.75. The number of nitrogens with zero attached hydrogens (tertiary/aromatic N) is 2. The van der Waals surface area contributed by atoms with Crippen molar-refractivity contribution in [3.05, 3.63) is 29.8 Å². The van der Waals surface area contributed by atoms with Crippen LogP contribution in [0.5, 0.6) is 0 Å². The predicted octanol–water partition coefficient (Wildman–Crippen LogP) is 4.04. The Balaban J connectivity index is 1.76. The normalized spacial score (nSPS) is 19.9. The molecule has 5 nitrogen and oxygen atoms in total. The maximum absolute atomic E-state index is 13.7. The van der Waals surface area contributed by atoms with E-state index in [1.54, 1.807) is 0 Å². The molecule has 0 bridgehead atoms. The molecule has 160 valence electrons. The molecule has 1 aliphatic carbocycles. The Hall–Kier alpha value is -1.88. The predicted molar refractivity (Wildman–Crippen MR) is 118 cm³/mol. The summed E-state index contributed by atoms with van der Waals surface area (Å²) in [4.78, 5) is 30.3. The fraction of sp³-hybridized carbons (Fsp3) is 0.667. The molecule has 5 heteroatoms. The van der Waals surface area contributed by atoms with Gasteiger partial charge in [0.15, 0.2) is 0 Å². The van der Waals surface area contributed by atoms with Crippen LogP contribution in [0.4, 0.5) is 5.69 Å². The first-order chi connectivity index (χ1) is 14.0. The molecular formula is C24H37N3O2. The van der Waals surface area contributed by atoms with Crippen molar-refractivity contribution in [2.75, 3.05) is 38.0 Å². The Kier molecular flexibility index (Phi) is 7.33. The second-order valence-electron chi connectivity index (χ2n) is 9.00. The number of hydrogen-bond donors (Lipinski definition) is 1. The van der Waals surface area contributed by atoms with E-state index in [1.165, 1.54) is 6.42 Å². The largest absolute Gasteiger partial charge is 0.339 e. The van der Waals surface area contributed by atoms with Gasteiger partial charge in [-0.15, -0.1) is 0 Å². The van der Waals surface area contributed by atoms with Crippen molar-refractivity contribution in [2.45, 2.75) is 64.7 Å². The highest BCUT2D eigenvalue weighted by Gasteiger charge is 2.43. The number of nitrogens with one attached hydrogen (secondary N) is 1. The minimum atomic E-state index is -0.397. The van der Waals surface area contributed by atoms with Crippen molar-refractivity contribution in [3.63, 3.8) is 0 Å². The first-order valence-electron chi connectivity index (χ1n) is 11.4. The highest BCUT2D eigenvalue weighted by atomic mass is 16.2. The molecule has 1 heterocycles. The van der Waals surface area contributed by atoms with E-state index in [-0.39, 0.29) is 11.8 Å². The van der Waals surface area contributed by atoms with Crippen LogP contribution in [0.3, 0.4) is 0 Å². The van der Waals surface area contributed by atoms with Crippen molar-refractivity contribution >= 4 is 17.5 Å². The summed E-state index contributed by atoms with van der Waals surface area (Å²) in [5.41, 5.74) is 1.52. The van der Waals surface area contributed by atoms with Crippen molar-refractivity contribution in [1.29, 1.82) is 0 Å². The Morgan fingerprint density at radius 2 is 1.62 bits per heavy atom. The average molecular weight is 400 g/mol. The number of carbonyl (C=O) groups excluding carboxylic acids is 2. The third-order valence-electron chi connectivity index (χ3n) is 6.55. The Labute approximate surface area is 175 Å². The van der Waals surface area contributed by atoms with Gasteiger partial charge >= 0.3 is 0 Å². The first-order valence-corrected chi connectivity index (χ1v) is 11.4. The molecular weight excluding hydrogens is 362 g/mol. The highest BCUT2D eigenvalue weighted by Crippen LogP contribution is 2.41. The lowest BCUT2D eigenvalue weighted by Crippen LogP contribution is -2.55. The molecule has 2 fully saturated rings. The molecule has 1 aromatic carbocycles. The van der Waals surface area contributed by atoms with Crippen LogP contribution in [0.15, 0.2) is 24.3 Å². The van der Waals surface area contributed by atoms with Crippen LogP contribution in [0.1, 0.15) is 64.9 Å². The molecule has 1 aliphatic heterocycles. The molecule has 1 aromatic rings. The monoisotopic (exact) mass is 399 g/mol. The summed E-state index contributed by atoms with van der Waals surface area (Å²) in [6.45, 7) is 10.7. The molecule has 2 amide bonds. The lowest BCUT2D eigenvalue weighted by atomic mass is 9.68. The summed E-state index contributed by atoms with van der Waals surface area (Å²) >= 11 is 0. The van der Waals surface area contributed by atoms with Crippen LogP contribution in [-0.2, 0) is 15.0 Å². The van der Waals surface area contributed by atoms with E-state index in [4.69, 9.17) is 0 Å². The first kappa shape index (κ1) is 21.8. The molecule has 0 atom stereocenters. The van der Waals surface area contributed by atoms with E-state index < -0.39 is 5.41 Å². The van der Waals surface area contributed by atoms with Crippen molar-refractivity contribution < 1.29 is 9.59 Å². The third kappa shape index (κ3) is 5.00. The van der Waals surface area contributed by atoms with Crippen LogP contribution in [0.2, 0.25) is 0 Å². The number of hydrogen-bond acceptors (Lipinski definition) is 3. The summed E-state index contributed by atoms with van der Waals surface area (Å²) in [7, 11) is 0. The standard InChI is InChI=1S/C24H37N3O2/c1-4-14-26-15-17-27(18-16-26)23(29)24(12-6-5-7-13-24)20-8-10-21(11-9-20)25-22(28)19(2)3/h8-11,19H,4-7,12-18H2,1-3H3,(H,25,28). The van der Waals surface area contributed by atoms with Crippen LogP contribution in [-0.4, -0.2) is 54.3 Å². The van der Waals surface area contributed by atoms with Gasteiger partial charge < -0.3 is 10.2 Å². The van der Waals surface area contributed by atoms with Gasteiger partial charge in [-0.3, -0.25) is 14.5 Å².